The predicted molar refractivity (Wildman–Crippen MR) is 109 cm³/mol. The Kier molecular flexibility index (Phi) is 6.40. The Labute approximate surface area is 171 Å². The Hall–Kier alpha value is -3.46. The van der Waals surface area contributed by atoms with Crippen LogP contribution in [0.15, 0.2) is 46.2 Å². The maximum atomic E-state index is 12.4. The van der Waals surface area contributed by atoms with Crippen molar-refractivity contribution in [3.05, 3.63) is 58.7 Å². The van der Waals surface area contributed by atoms with Crippen LogP contribution < -0.4 is 16.0 Å². The van der Waals surface area contributed by atoms with Crippen LogP contribution in [0.1, 0.15) is 35.5 Å². The molecule has 29 heavy (non-hydrogen) atoms. The van der Waals surface area contributed by atoms with Gasteiger partial charge in [-0.15, -0.1) is 11.3 Å². The molecule has 2 aromatic heterocycles. The summed E-state index contributed by atoms with van der Waals surface area (Å²) < 4.78 is 5.66. The van der Waals surface area contributed by atoms with E-state index in [1.54, 1.807) is 41.8 Å². The number of rotatable bonds is 7. The molecule has 3 amide bonds. The molecule has 3 aromatic rings. The van der Waals surface area contributed by atoms with Crippen molar-refractivity contribution in [1.29, 1.82) is 0 Å². The van der Waals surface area contributed by atoms with Gasteiger partial charge in [0.1, 0.15) is 11.5 Å². The number of carbonyl (C=O) groups is 3. The van der Waals surface area contributed by atoms with E-state index in [2.05, 4.69) is 20.9 Å². The van der Waals surface area contributed by atoms with E-state index in [1.807, 2.05) is 0 Å². The molecule has 0 fully saturated rings. The van der Waals surface area contributed by atoms with Gasteiger partial charge in [0, 0.05) is 31.3 Å². The molecule has 0 aliphatic heterocycles. The fourth-order valence-electron chi connectivity index (χ4n) is 2.44. The van der Waals surface area contributed by atoms with Crippen LogP contribution in [0.4, 0.5) is 5.13 Å². The summed E-state index contributed by atoms with van der Waals surface area (Å²) in [5.74, 6) is 0.662. The Morgan fingerprint density at radius 2 is 1.66 bits per heavy atom. The SMILES string of the molecule is CC(=O)NCc1ccc(C(=O)Nc2nc(-c3ccc(CNC(C)=O)o3)cs2)cc1. The molecule has 0 saturated heterocycles. The van der Waals surface area contributed by atoms with E-state index in [-0.39, 0.29) is 17.7 Å². The molecular weight excluding hydrogens is 392 g/mol. The summed E-state index contributed by atoms with van der Waals surface area (Å²) >= 11 is 1.29. The van der Waals surface area contributed by atoms with Crippen LogP contribution in [-0.4, -0.2) is 22.7 Å². The third kappa shape index (κ3) is 5.76. The number of furan rings is 1. The second kappa shape index (κ2) is 9.16. The second-order valence-corrected chi connectivity index (χ2v) is 7.13. The maximum Gasteiger partial charge on any atom is 0.257 e. The first-order chi connectivity index (χ1) is 13.9. The summed E-state index contributed by atoms with van der Waals surface area (Å²) in [7, 11) is 0. The maximum absolute atomic E-state index is 12.4. The van der Waals surface area contributed by atoms with E-state index in [0.717, 1.165) is 5.56 Å². The summed E-state index contributed by atoms with van der Waals surface area (Å²) in [6.45, 7) is 3.62. The van der Waals surface area contributed by atoms with Gasteiger partial charge in [-0.2, -0.15) is 0 Å². The highest BCUT2D eigenvalue weighted by Crippen LogP contribution is 2.27. The lowest BCUT2D eigenvalue weighted by molar-refractivity contribution is -0.120. The number of nitrogens with one attached hydrogen (secondary N) is 3. The van der Waals surface area contributed by atoms with Crippen LogP contribution in [-0.2, 0) is 22.7 Å². The van der Waals surface area contributed by atoms with Gasteiger partial charge >= 0.3 is 0 Å². The first-order valence-electron chi connectivity index (χ1n) is 8.84. The lowest BCUT2D eigenvalue weighted by atomic mass is 10.1. The standard InChI is InChI=1S/C20H20N4O4S/c1-12(25)21-9-14-3-5-15(6-4-14)19(27)24-20-23-17(11-29-20)18-8-7-16(28-18)10-22-13(2)26/h3-8,11H,9-10H2,1-2H3,(H,21,25)(H,22,26)(H,23,24,27). The monoisotopic (exact) mass is 412 g/mol. The molecular formula is C20H20N4O4S. The normalized spacial score (nSPS) is 10.4. The van der Waals surface area contributed by atoms with Crippen molar-refractivity contribution in [1.82, 2.24) is 15.6 Å². The molecule has 0 unspecified atom stereocenters. The summed E-state index contributed by atoms with van der Waals surface area (Å²) in [6, 6.07) is 10.5. The highest BCUT2D eigenvalue weighted by Gasteiger charge is 2.12. The Bertz CT molecular complexity index is 1020. The first kappa shape index (κ1) is 20.3. The summed E-state index contributed by atoms with van der Waals surface area (Å²) in [6.07, 6.45) is 0. The number of hydrogen-bond acceptors (Lipinski definition) is 6. The van der Waals surface area contributed by atoms with Gasteiger partial charge in [0.15, 0.2) is 10.9 Å². The first-order valence-corrected chi connectivity index (χ1v) is 9.72. The van der Waals surface area contributed by atoms with Gasteiger partial charge in [-0.1, -0.05) is 12.1 Å². The highest BCUT2D eigenvalue weighted by atomic mass is 32.1. The van der Waals surface area contributed by atoms with Gasteiger partial charge in [-0.25, -0.2) is 4.98 Å². The smallest absolute Gasteiger partial charge is 0.257 e. The summed E-state index contributed by atoms with van der Waals surface area (Å²) in [5, 5.41) is 10.4. The molecule has 9 heteroatoms. The van der Waals surface area contributed by atoms with Gasteiger partial charge in [0.2, 0.25) is 11.8 Å². The van der Waals surface area contributed by atoms with E-state index < -0.39 is 0 Å². The minimum atomic E-state index is -0.275. The molecule has 3 rings (SSSR count). The van der Waals surface area contributed by atoms with Gasteiger partial charge in [-0.05, 0) is 29.8 Å². The van der Waals surface area contributed by atoms with Crippen LogP contribution >= 0.6 is 11.3 Å². The number of amides is 3. The molecule has 0 aliphatic rings. The Morgan fingerprint density at radius 1 is 0.966 bits per heavy atom. The van der Waals surface area contributed by atoms with E-state index >= 15 is 0 Å². The molecule has 8 nitrogen and oxygen atoms in total. The molecule has 0 atom stereocenters. The number of anilines is 1. The van der Waals surface area contributed by atoms with Crippen LogP contribution in [0.5, 0.6) is 0 Å². The largest absolute Gasteiger partial charge is 0.458 e. The van der Waals surface area contributed by atoms with Crippen molar-refractivity contribution < 1.29 is 18.8 Å². The number of benzene rings is 1. The van der Waals surface area contributed by atoms with Crippen molar-refractivity contribution >= 4 is 34.2 Å². The van der Waals surface area contributed by atoms with Crippen LogP contribution in [0.2, 0.25) is 0 Å². The summed E-state index contributed by atoms with van der Waals surface area (Å²) in [4.78, 5) is 38.7. The zero-order valence-electron chi connectivity index (χ0n) is 15.9. The highest BCUT2D eigenvalue weighted by molar-refractivity contribution is 7.14. The minimum Gasteiger partial charge on any atom is -0.458 e. The van der Waals surface area contributed by atoms with Gasteiger partial charge in [-0.3, -0.25) is 19.7 Å². The average Bonchev–Trinajstić information content (AvgIpc) is 3.34. The van der Waals surface area contributed by atoms with Crippen molar-refractivity contribution in [2.45, 2.75) is 26.9 Å². The van der Waals surface area contributed by atoms with Crippen LogP contribution in [0, 0.1) is 0 Å². The minimum absolute atomic E-state index is 0.106. The number of hydrogen-bond donors (Lipinski definition) is 3. The zero-order chi connectivity index (χ0) is 20.8. The average molecular weight is 412 g/mol. The number of carbonyl (C=O) groups excluding carboxylic acids is 3. The van der Waals surface area contributed by atoms with Gasteiger partial charge in [0.05, 0.1) is 6.54 Å². The van der Waals surface area contributed by atoms with E-state index in [0.29, 0.717) is 41.0 Å². The molecule has 3 N–H and O–H groups in total. The quantitative estimate of drug-likeness (QED) is 0.552. The van der Waals surface area contributed by atoms with Crippen molar-refractivity contribution in [2.75, 3.05) is 5.32 Å². The summed E-state index contributed by atoms with van der Waals surface area (Å²) in [5.41, 5.74) is 2.00. The third-order valence-electron chi connectivity index (χ3n) is 3.91. The van der Waals surface area contributed by atoms with Crippen LogP contribution in [0.3, 0.4) is 0 Å². The van der Waals surface area contributed by atoms with Crippen molar-refractivity contribution in [3.8, 4) is 11.5 Å². The number of nitrogens with zero attached hydrogens (tertiary/aromatic N) is 1. The Morgan fingerprint density at radius 3 is 2.34 bits per heavy atom. The zero-order valence-corrected chi connectivity index (χ0v) is 16.8. The lowest BCUT2D eigenvalue weighted by Gasteiger charge is -2.05. The third-order valence-corrected chi connectivity index (χ3v) is 4.67. The molecule has 0 saturated carbocycles. The topological polar surface area (TPSA) is 113 Å². The molecule has 0 bridgehead atoms. The van der Waals surface area contributed by atoms with Gasteiger partial charge in [0.25, 0.3) is 5.91 Å². The lowest BCUT2D eigenvalue weighted by Crippen LogP contribution is -2.19. The Balaban J connectivity index is 1.60. The molecule has 150 valence electrons. The number of thiazole rings is 1. The van der Waals surface area contributed by atoms with E-state index in [1.165, 1.54) is 25.2 Å². The van der Waals surface area contributed by atoms with E-state index in [4.69, 9.17) is 4.42 Å². The molecule has 0 radical (unpaired) electrons. The molecule has 0 spiro atoms. The molecule has 2 heterocycles. The van der Waals surface area contributed by atoms with Gasteiger partial charge < -0.3 is 15.1 Å². The van der Waals surface area contributed by atoms with Crippen molar-refractivity contribution in [3.63, 3.8) is 0 Å². The fraction of sp³-hybridized carbons (Fsp3) is 0.200. The fourth-order valence-corrected chi connectivity index (χ4v) is 3.13. The number of aromatic nitrogens is 1. The van der Waals surface area contributed by atoms with Crippen LogP contribution in [0.25, 0.3) is 11.5 Å². The molecule has 0 aliphatic carbocycles. The van der Waals surface area contributed by atoms with Crippen molar-refractivity contribution in [2.24, 2.45) is 0 Å². The van der Waals surface area contributed by atoms with E-state index in [9.17, 15) is 14.4 Å². The predicted octanol–water partition coefficient (Wildman–Crippen LogP) is 2.93. The molecule has 1 aromatic carbocycles. The second-order valence-electron chi connectivity index (χ2n) is 6.27.